The van der Waals surface area contributed by atoms with Crippen molar-refractivity contribution in [3.8, 4) is 0 Å². The van der Waals surface area contributed by atoms with Gasteiger partial charge in [-0.25, -0.2) is 9.37 Å². The average Bonchev–Trinajstić information content (AvgIpc) is 3.16. The maximum absolute atomic E-state index is 15.2. The number of nitrogens with two attached hydrogens (primary N) is 1. The summed E-state index contributed by atoms with van der Waals surface area (Å²) in [4.78, 5) is 19.4. The highest BCUT2D eigenvalue weighted by Crippen LogP contribution is 2.40. The Labute approximate surface area is 162 Å². The van der Waals surface area contributed by atoms with Gasteiger partial charge in [-0.1, -0.05) is 0 Å². The molecule has 2 aromatic heterocycles. The highest BCUT2D eigenvalue weighted by Gasteiger charge is 2.34. The molecule has 6 nitrogen and oxygen atoms in total. The molecule has 1 saturated heterocycles. The largest absolute Gasteiger partial charge is 0.440 e. The van der Waals surface area contributed by atoms with E-state index < -0.39 is 0 Å². The zero-order valence-corrected chi connectivity index (χ0v) is 16.5. The molecule has 7 heteroatoms. The second kappa shape index (κ2) is 5.80. The van der Waals surface area contributed by atoms with Crippen LogP contribution in [0.1, 0.15) is 45.0 Å². The number of benzene rings is 1. The maximum Gasteiger partial charge on any atom is 0.281 e. The van der Waals surface area contributed by atoms with Crippen LogP contribution in [0.2, 0.25) is 0 Å². The van der Waals surface area contributed by atoms with Gasteiger partial charge in [-0.3, -0.25) is 4.79 Å². The van der Waals surface area contributed by atoms with Gasteiger partial charge >= 0.3 is 0 Å². The van der Waals surface area contributed by atoms with Crippen LogP contribution in [0.4, 0.5) is 10.1 Å². The third kappa shape index (κ3) is 2.64. The molecular formula is C21H25FN4O2. The van der Waals surface area contributed by atoms with Crippen LogP contribution in [0, 0.1) is 18.7 Å². The highest BCUT2D eigenvalue weighted by molar-refractivity contribution is 6.02. The first-order chi connectivity index (χ1) is 13.2. The van der Waals surface area contributed by atoms with Crippen molar-refractivity contribution in [2.75, 3.05) is 18.0 Å². The van der Waals surface area contributed by atoms with Crippen molar-refractivity contribution in [1.82, 2.24) is 9.55 Å². The lowest BCUT2D eigenvalue weighted by Crippen LogP contribution is -2.42. The number of oxazole rings is 1. The van der Waals surface area contributed by atoms with E-state index in [4.69, 9.17) is 10.2 Å². The van der Waals surface area contributed by atoms with Crippen molar-refractivity contribution >= 4 is 27.7 Å². The minimum atomic E-state index is -0.306. The Balaban J connectivity index is 1.71. The molecule has 1 saturated carbocycles. The van der Waals surface area contributed by atoms with E-state index >= 15 is 4.39 Å². The first-order valence-corrected chi connectivity index (χ1v) is 9.93. The molecule has 5 rings (SSSR count). The number of aryl methyl sites for hydroxylation is 1. The minimum absolute atomic E-state index is 0.151. The van der Waals surface area contributed by atoms with E-state index in [1.807, 2.05) is 24.8 Å². The van der Waals surface area contributed by atoms with Gasteiger partial charge in [0.25, 0.3) is 5.56 Å². The average molecular weight is 384 g/mol. The second-order valence-electron chi connectivity index (χ2n) is 8.89. The van der Waals surface area contributed by atoms with Crippen molar-refractivity contribution < 1.29 is 8.81 Å². The van der Waals surface area contributed by atoms with Crippen LogP contribution in [0.25, 0.3) is 22.0 Å². The summed E-state index contributed by atoms with van der Waals surface area (Å²) in [5.74, 6) is 0.408. The summed E-state index contributed by atoms with van der Waals surface area (Å²) in [6.07, 6.45) is 2.84. The molecule has 3 heterocycles. The van der Waals surface area contributed by atoms with Gasteiger partial charge in [0.15, 0.2) is 17.0 Å². The number of fused-ring (bicyclic) bond motifs is 3. The standard InChI is InChI=1S/C21H25FN4O2/c1-11-24-18-19(28-11)14-8-15(22)17(25-7-6-12(10-25)21(2,3)23)9-16(14)26(20(18)27)13-4-5-13/h8-9,12-13H,4-7,10,23H2,1-3H3. The molecule has 1 unspecified atom stereocenters. The number of hydrogen-bond acceptors (Lipinski definition) is 5. The summed E-state index contributed by atoms with van der Waals surface area (Å²) in [6, 6.07) is 3.47. The summed E-state index contributed by atoms with van der Waals surface area (Å²) in [5, 5.41) is 0.609. The predicted octanol–water partition coefficient (Wildman–Crippen LogP) is 3.49. The molecule has 1 aliphatic heterocycles. The normalized spacial score (nSPS) is 20.6. The number of nitrogens with zero attached hydrogens (tertiary/aromatic N) is 3. The third-order valence-electron chi connectivity index (χ3n) is 6.22. The lowest BCUT2D eigenvalue weighted by atomic mass is 9.88. The molecule has 0 amide bonds. The smallest absolute Gasteiger partial charge is 0.281 e. The van der Waals surface area contributed by atoms with E-state index in [0.717, 1.165) is 31.3 Å². The molecule has 1 aliphatic carbocycles. The molecule has 3 aromatic rings. The summed E-state index contributed by atoms with van der Waals surface area (Å²) < 4.78 is 22.6. The zero-order valence-electron chi connectivity index (χ0n) is 16.5. The topological polar surface area (TPSA) is 77.3 Å². The third-order valence-corrected chi connectivity index (χ3v) is 6.22. The van der Waals surface area contributed by atoms with E-state index in [-0.39, 0.29) is 28.5 Å². The van der Waals surface area contributed by atoms with Crippen molar-refractivity contribution in [3.63, 3.8) is 0 Å². The molecule has 0 radical (unpaired) electrons. The molecule has 2 N–H and O–H groups in total. The van der Waals surface area contributed by atoms with E-state index in [9.17, 15) is 4.79 Å². The lowest BCUT2D eigenvalue weighted by molar-refractivity contribution is 0.348. The fourth-order valence-corrected chi connectivity index (χ4v) is 4.43. The molecule has 28 heavy (non-hydrogen) atoms. The molecule has 0 bridgehead atoms. The van der Waals surface area contributed by atoms with Gasteiger partial charge in [-0.2, -0.15) is 0 Å². The maximum atomic E-state index is 15.2. The molecular weight excluding hydrogens is 359 g/mol. The van der Waals surface area contributed by atoms with E-state index in [1.165, 1.54) is 6.07 Å². The summed E-state index contributed by atoms with van der Waals surface area (Å²) >= 11 is 0. The Hall–Kier alpha value is -2.41. The number of aromatic nitrogens is 2. The number of rotatable bonds is 3. The first kappa shape index (κ1) is 17.7. The highest BCUT2D eigenvalue weighted by atomic mass is 19.1. The number of pyridine rings is 1. The van der Waals surface area contributed by atoms with Gasteiger partial charge in [0.2, 0.25) is 0 Å². The predicted molar refractivity (Wildman–Crippen MR) is 107 cm³/mol. The van der Waals surface area contributed by atoms with E-state index in [2.05, 4.69) is 4.98 Å². The zero-order chi connectivity index (χ0) is 19.8. The van der Waals surface area contributed by atoms with Gasteiger partial charge in [0.05, 0.1) is 11.2 Å². The Kier molecular flexibility index (Phi) is 3.66. The first-order valence-electron chi connectivity index (χ1n) is 9.93. The SMILES string of the molecule is Cc1nc2c(=O)n(C3CC3)c3cc(N4CCC(C(C)(C)N)C4)c(F)cc3c2o1. The second-order valence-corrected chi connectivity index (χ2v) is 8.89. The summed E-state index contributed by atoms with van der Waals surface area (Å²) in [6.45, 7) is 7.21. The number of halogens is 1. The fourth-order valence-electron chi connectivity index (χ4n) is 4.43. The van der Waals surface area contributed by atoms with Gasteiger partial charge in [0.1, 0.15) is 5.82 Å². The van der Waals surface area contributed by atoms with Gasteiger partial charge in [-0.05, 0) is 51.2 Å². The van der Waals surface area contributed by atoms with Crippen molar-refractivity contribution in [1.29, 1.82) is 0 Å². The molecule has 0 spiro atoms. The van der Waals surface area contributed by atoms with Crippen LogP contribution < -0.4 is 16.2 Å². The Bertz CT molecular complexity index is 1150. The van der Waals surface area contributed by atoms with Crippen LogP contribution in [0.5, 0.6) is 0 Å². The van der Waals surface area contributed by atoms with Gasteiger partial charge in [0, 0.05) is 37.0 Å². The van der Waals surface area contributed by atoms with E-state index in [1.54, 1.807) is 11.5 Å². The van der Waals surface area contributed by atoms with Crippen LogP contribution in [-0.2, 0) is 0 Å². The van der Waals surface area contributed by atoms with Crippen molar-refractivity contribution in [3.05, 3.63) is 34.2 Å². The van der Waals surface area contributed by atoms with Gasteiger partial charge < -0.3 is 19.6 Å². The van der Waals surface area contributed by atoms with Crippen LogP contribution in [0.3, 0.4) is 0 Å². The van der Waals surface area contributed by atoms with Gasteiger partial charge in [-0.15, -0.1) is 0 Å². The van der Waals surface area contributed by atoms with Crippen molar-refractivity contribution in [2.45, 2.75) is 51.6 Å². The summed E-state index contributed by atoms with van der Waals surface area (Å²) in [5.41, 5.74) is 7.75. The lowest BCUT2D eigenvalue weighted by Gasteiger charge is -2.27. The Morgan fingerprint density at radius 2 is 2.04 bits per heavy atom. The number of anilines is 1. The Morgan fingerprint density at radius 1 is 1.29 bits per heavy atom. The van der Waals surface area contributed by atoms with Crippen LogP contribution in [-0.4, -0.2) is 28.2 Å². The monoisotopic (exact) mass is 384 g/mol. The molecule has 2 aliphatic rings. The molecule has 148 valence electrons. The van der Waals surface area contributed by atoms with Crippen molar-refractivity contribution in [2.24, 2.45) is 11.7 Å². The Morgan fingerprint density at radius 3 is 2.68 bits per heavy atom. The molecule has 1 atom stereocenters. The van der Waals surface area contributed by atoms with Crippen LogP contribution >= 0.6 is 0 Å². The fraction of sp³-hybridized carbons (Fsp3) is 0.524. The quantitative estimate of drug-likeness (QED) is 0.748. The molecule has 1 aromatic carbocycles. The van der Waals surface area contributed by atoms with Crippen LogP contribution in [0.15, 0.2) is 21.3 Å². The minimum Gasteiger partial charge on any atom is -0.440 e. The summed E-state index contributed by atoms with van der Waals surface area (Å²) in [7, 11) is 0. The molecule has 2 fully saturated rings. The number of hydrogen-bond donors (Lipinski definition) is 1. The van der Waals surface area contributed by atoms with E-state index in [0.29, 0.717) is 35.0 Å².